The lowest BCUT2D eigenvalue weighted by molar-refractivity contribution is 0.202. The molecule has 0 spiro atoms. The molecule has 1 aliphatic rings. The largest absolute Gasteiger partial charge is 0.489 e. The van der Waals surface area contributed by atoms with E-state index < -0.39 is 0 Å². The van der Waals surface area contributed by atoms with Gasteiger partial charge in [-0.3, -0.25) is 4.90 Å². The lowest BCUT2D eigenvalue weighted by Gasteiger charge is -2.17. The number of hydrogen-bond acceptors (Lipinski definition) is 7. The lowest BCUT2D eigenvalue weighted by Crippen LogP contribution is -2.24. The number of benzene rings is 2. The molecule has 1 atom stereocenters. The zero-order valence-corrected chi connectivity index (χ0v) is 21.1. The quantitative estimate of drug-likeness (QED) is 0.421. The van der Waals surface area contributed by atoms with E-state index in [0.717, 1.165) is 60.9 Å². The first-order valence-corrected chi connectivity index (χ1v) is 12.1. The van der Waals surface area contributed by atoms with E-state index in [9.17, 15) is 0 Å². The molecule has 1 saturated heterocycles. The van der Waals surface area contributed by atoms with Gasteiger partial charge in [-0.25, -0.2) is 4.98 Å². The van der Waals surface area contributed by atoms with Gasteiger partial charge in [0, 0.05) is 31.0 Å². The minimum atomic E-state index is 0.252. The van der Waals surface area contributed by atoms with Gasteiger partial charge < -0.3 is 20.3 Å². The number of nitrogens with zero attached hydrogens (tertiary/aromatic N) is 4. The maximum atomic E-state index is 6.42. The van der Waals surface area contributed by atoms with Crippen LogP contribution >= 0.6 is 11.6 Å². The van der Waals surface area contributed by atoms with E-state index in [1.165, 1.54) is 0 Å². The molecule has 8 heteroatoms. The van der Waals surface area contributed by atoms with E-state index in [0.29, 0.717) is 16.8 Å². The zero-order valence-electron chi connectivity index (χ0n) is 20.3. The number of halogens is 1. The number of likely N-dealkylation sites (tertiary alicyclic amines) is 1. The van der Waals surface area contributed by atoms with Gasteiger partial charge in [-0.1, -0.05) is 36.7 Å². The number of rotatable bonds is 9. The number of para-hydroxylation sites is 1. The standard InChI is InChI=1S/C26H33ClN6O/c1-5-33-13-12-21(17-33)34-20-10-11-23(18(2)14-20)30-26-28-15-22(27)25(31-26)29-24-9-7-6-8-19(24)16-32(3)4/h6-11,14-15,21H,5,12-13,16-17H2,1-4H3,(H2,28,29,30,31). The van der Waals surface area contributed by atoms with E-state index in [1.54, 1.807) is 6.20 Å². The van der Waals surface area contributed by atoms with Crippen LogP contribution in [-0.2, 0) is 6.54 Å². The number of aryl methyl sites for hydroxylation is 1. The van der Waals surface area contributed by atoms with E-state index in [1.807, 2.05) is 44.4 Å². The molecule has 1 aromatic heterocycles. The van der Waals surface area contributed by atoms with E-state index in [4.69, 9.17) is 16.3 Å². The second-order valence-electron chi connectivity index (χ2n) is 8.93. The minimum Gasteiger partial charge on any atom is -0.489 e. The monoisotopic (exact) mass is 480 g/mol. The van der Waals surface area contributed by atoms with Crippen molar-refractivity contribution in [2.45, 2.75) is 32.9 Å². The molecule has 1 unspecified atom stereocenters. The van der Waals surface area contributed by atoms with Gasteiger partial charge in [0.2, 0.25) is 5.95 Å². The average Bonchev–Trinajstić information content (AvgIpc) is 3.26. The van der Waals surface area contributed by atoms with E-state index in [2.05, 4.69) is 56.4 Å². The Morgan fingerprint density at radius 1 is 1.15 bits per heavy atom. The molecular formula is C26H33ClN6O. The first-order valence-electron chi connectivity index (χ1n) is 11.7. The first kappa shape index (κ1) is 24.3. The molecule has 2 N–H and O–H groups in total. The van der Waals surface area contributed by atoms with Crippen LogP contribution < -0.4 is 15.4 Å². The number of anilines is 4. The molecule has 0 amide bonds. The van der Waals surface area contributed by atoms with Gasteiger partial charge in [-0.2, -0.15) is 4.98 Å². The van der Waals surface area contributed by atoms with Gasteiger partial charge in [0.15, 0.2) is 5.82 Å². The van der Waals surface area contributed by atoms with Crippen molar-refractivity contribution in [1.29, 1.82) is 0 Å². The Morgan fingerprint density at radius 2 is 1.97 bits per heavy atom. The number of hydrogen-bond donors (Lipinski definition) is 2. The first-order chi connectivity index (χ1) is 16.4. The van der Waals surface area contributed by atoms with Crippen LogP contribution in [0.2, 0.25) is 5.02 Å². The van der Waals surface area contributed by atoms with Crippen LogP contribution in [0.5, 0.6) is 5.75 Å². The molecule has 2 heterocycles. The van der Waals surface area contributed by atoms with Crippen molar-refractivity contribution in [1.82, 2.24) is 19.8 Å². The normalized spacial score (nSPS) is 16.1. The fraction of sp³-hybridized carbons (Fsp3) is 0.385. The van der Waals surface area contributed by atoms with Crippen LogP contribution in [0.25, 0.3) is 0 Å². The molecule has 1 aliphatic heterocycles. The third kappa shape index (κ3) is 6.17. The average molecular weight is 481 g/mol. The fourth-order valence-corrected chi connectivity index (χ4v) is 4.24. The maximum absolute atomic E-state index is 6.42. The lowest BCUT2D eigenvalue weighted by atomic mass is 10.1. The van der Waals surface area contributed by atoms with Gasteiger partial charge in [0.05, 0.1) is 6.20 Å². The van der Waals surface area contributed by atoms with Crippen LogP contribution in [-0.4, -0.2) is 59.6 Å². The summed E-state index contributed by atoms with van der Waals surface area (Å²) in [6.45, 7) is 8.21. The Labute approximate surface area is 207 Å². The molecule has 0 bridgehead atoms. The fourth-order valence-electron chi connectivity index (χ4n) is 4.11. The molecule has 0 radical (unpaired) electrons. The molecule has 3 aromatic rings. The van der Waals surface area contributed by atoms with Gasteiger partial charge in [0.1, 0.15) is 16.9 Å². The Balaban J connectivity index is 1.46. The third-order valence-corrected chi connectivity index (χ3v) is 6.20. The molecule has 0 aliphatic carbocycles. The predicted molar refractivity (Wildman–Crippen MR) is 140 cm³/mol. The topological polar surface area (TPSA) is 65.6 Å². The van der Waals surface area contributed by atoms with Crippen LogP contribution in [0.1, 0.15) is 24.5 Å². The predicted octanol–water partition coefficient (Wildman–Crippen LogP) is 5.46. The van der Waals surface area contributed by atoms with Crippen LogP contribution in [0.3, 0.4) is 0 Å². The summed E-state index contributed by atoms with van der Waals surface area (Å²) < 4.78 is 6.20. The highest BCUT2D eigenvalue weighted by Crippen LogP contribution is 2.29. The summed E-state index contributed by atoms with van der Waals surface area (Å²) in [4.78, 5) is 13.5. The molecule has 180 valence electrons. The summed E-state index contributed by atoms with van der Waals surface area (Å²) in [6.07, 6.45) is 2.93. The Kier molecular flexibility index (Phi) is 7.88. The van der Waals surface area contributed by atoms with Crippen molar-refractivity contribution in [2.24, 2.45) is 0 Å². The summed E-state index contributed by atoms with van der Waals surface area (Å²) in [5, 5.41) is 7.15. The van der Waals surface area contributed by atoms with Crippen molar-refractivity contribution in [3.05, 3.63) is 64.8 Å². The van der Waals surface area contributed by atoms with Crippen molar-refractivity contribution >= 4 is 34.7 Å². The zero-order chi connectivity index (χ0) is 24.1. The van der Waals surface area contributed by atoms with Crippen LogP contribution in [0.4, 0.5) is 23.1 Å². The number of ether oxygens (including phenoxy) is 1. The van der Waals surface area contributed by atoms with Crippen molar-refractivity contribution in [3.8, 4) is 5.75 Å². The number of nitrogens with one attached hydrogen (secondary N) is 2. The highest BCUT2D eigenvalue weighted by molar-refractivity contribution is 6.32. The third-order valence-electron chi connectivity index (χ3n) is 5.92. The molecule has 4 rings (SSSR count). The second kappa shape index (κ2) is 11.0. The second-order valence-corrected chi connectivity index (χ2v) is 9.34. The van der Waals surface area contributed by atoms with Crippen LogP contribution in [0.15, 0.2) is 48.7 Å². The highest BCUT2D eigenvalue weighted by Gasteiger charge is 2.22. The highest BCUT2D eigenvalue weighted by atomic mass is 35.5. The Bertz CT molecular complexity index is 1120. The molecule has 34 heavy (non-hydrogen) atoms. The van der Waals surface area contributed by atoms with Gasteiger partial charge >= 0.3 is 0 Å². The summed E-state index contributed by atoms with van der Waals surface area (Å²) in [6, 6.07) is 14.2. The van der Waals surface area contributed by atoms with Gasteiger partial charge in [-0.15, -0.1) is 0 Å². The molecule has 0 saturated carbocycles. The van der Waals surface area contributed by atoms with Crippen molar-refractivity contribution < 1.29 is 4.74 Å². The summed E-state index contributed by atoms with van der Waals surface area (Å²) >= 11 is 6.42. The summed E-state index contributed by atoms with van der Waals surface area (Å²) in [5.74, 6) is 1.93. The smallest absolute Gasteiger partial charge is 0.229 e. The van der Waals surface area contributed by atoms with Crippen molar-refractivity contribution in [2.75, 3.05) is 44.4 Å². The molecule has 1 fully saturated rings. The Hall–Kier alpha value is -2.87. The molecular weight excluding hydrogens is 448 g/mol. The molecule has 7 nitrogen and oxygen atoms in total. The minimum absolute atomic E-state index is 0.252. The maximum Gasteiger partial charge on any atom is 0.229 e. The summed E-state index contributed by atoms with van der Waals surface area (Å²) in [5.41, 5.74) is 4.11. The number of aromatic nitrogens is 2. The van der Waals surface area contributed by atoms with Crippen molar-refractivity contribution in [3.63, 3.8) is 0 Å². The van der Waals surface area contributed by atoms with Gasteiger partial charge in [-0.05, 0) is 69.4 Å². The SMILES string of the molecule is CCN1CCC(Oc2ccc(Nc3ncc(Cl)c(Nc4ccccc4CN(C)C)n3)c(C)c2)C1. The van der Waals surface area contributed by atoms with Crippen LogP contribution in [0, 0.1) is 6.92 Å². The Morgan fingerprint density at radius 3 is 2.71 bits per heavy atom. The number of likely N-dealkylation sites (N-methyl/N-ethyl adjacent to an activating group) is 1. The molecule has 2 aromatic carbocycles. The van der Waals surface area contributed by atoms with E-state index >= 15 is 0 Å². The van der Waals surface area contributed by atoms with E-state index in [-0.39, 0.29) is 6.10 Å². The summed E-state index contributed by atoms with van der Waals surface area (Å²) in [7, 11) is 4.09. The van der Waals surface area contributed by atoms with Gasteiger partial charge in [0.25, 0.3) is 0 Å².